The van der Waals surface area contributed by atoms with Crippen LogP contribution in [0.25, 0.3) is 0 Å². The van der Waals surface area contributed by atoms with Gasteiger partial charge in [-0.2, -0.15) is 0 Å². The number of rotatable bonds is 1. The van der Waals surface area contributed by atoms with Crippen LogP contribution in [0.5, 0.6) is 0 Å². The van der Waals surface area contributed by atoms with Crippen LogP contribution in [0, 0.1) is 0 Å². The van der Waals surface area contributed by atoms with Gasteiger partial charge in [0, 0.05) is 5.03 Å². The monoisotopic (exact) mass is 150 g/mol. The maximum atomic E-state index is 5.58. The molecule has 0 fully saturated rings. The zero-order valence-electron chi connectivity index (χ0n) is 4.91. The van der Waals surface area contributed by atoms with Crippen molar-refractivity contribution in [3.05, 3.63) is 22.2 Å². The SMILES string of the molecule is C/C=C\C(Cl)=C(/C)Cl. The second-order valence-corrected chi connectivity index (χ2v) is 2.36. The van der Waals surface area contributed by atoms with Gasteiger partial charge >= 0.3 is 0 Å². The molecule has 0 bridgehead atoms. The van der Waals surface area contributed by atoms with Gasteiger partial charge in [0.2, 0.25) is 0 Å². The standard InChI is InChI=1S/C6H8Cl2/c1-3-4-6(8)5(2)7/h3-4H,1-2H3/b4-3-,6-5-. The van der Waals surface area contributed by atoms with Crippen LogP contribution in [0.3, 0.4) is 0 Å². The molecule has 0 saturated carbocycles. The van der Waals surface area contributed by atoms with Crippen molar-refractivity contribution in [1.82, 2.24) is 0 Å². The van der Waals surface area contributed by atoms with Gasteiger partial charge < -0.3 is 0 Å². The summed E-state index contributed by atoms with van der Waals surface area (Å²) in [4.78, 5) is 0. The van der Waals surface area contributed by atoms with Crippen LogP contribution in [0.2, 0.25) is 0 Å². The first kappa shape index (κ1) is 8.06. The van der Waals surface area contributed by atoms with E-state index in [1.807, 2.05) is 13.0 Å². The fourth-order valence-corrected chi connectivity index (χ4v) is 0.450. The molecule has 0 aliphatic carbocycles. The summed E-state index contributed by atoms with van der Waals surface area (Å²) in [5.74, 6) is 0. The lowest BCUT2D eigenvalue weighted by molar-refractivity contribution is 1.61. The maximum absolute atomic E-state index is 5.58. The third-order valence-electron chi connectivity index (χ3n) is 0.642. The van der Waals surface area contributed by atoms with Gasteiger partial charge in [0.05, 0.1) is 5.03 Å². The van der Waals surface area contributed by atoms with E-state index in [0.717, 1.165) is 0 Å². The minimum Gasteiger partial charge on any atom is -0.0878 e. The summed E-state index contributed by atoms with van der Waals surface area (Å²) in [6, 6.07) is 0. The summed E-state index contributed by atoms with van der Waals surface area (Å²) in [6.07, 6.45) is 3.60. The molecule has 0 unspecified atom stereocenters. The molecule has 0 atom stereocenters. The normalized spacial score (nSPS) is 14.5. The summed E-state index contributed by atoms with van der Waals surface area (Å²) in [7, 11) is 0. The Morgan fingerprint density at radius 1 is 1.38 bits per heavy atom. The van der Waals surface area contributed by atoms with E-state index >= 15 is 0 Å². The molecule has 0 aromatic rings. The van der Waals surface area contributed by atoms with Gasteiger partial charge in [0.25, 0.3) is 0 Å². The quantitative estimate of drug-likeness (QED) is 0.504. The average molecular weight is 151 g/mol. The first-order valence-electron chi connectivity index (χ1n) is 2.33. The van der Waals surface area contributed by atoms with Crippen LogP contribution in [-0.4, -0.2) is 0 Å². The summed E-state index contributed by atoms with van der Waals surface area (Å²) < 4.78 is 0. The summed E-state index contributed by atoms with van der Waals surface area (Å²) in [6.45, 7) is 3.64. The van der Waals surface area contributed by atoms with Crippen LogP contribution in [0.1, 0.15) is 13.8 Å². The highest BCUT2D eigenvalue weighted by Gasteiger charge is 1.86. The Bertz CT molecular complexity index is 118. The number of halogens is 2. The Kier molecular flexibility index (Phi) is 4.02. The minimum absolute atomic E-state index is 0.606. The molecule has 2 heteroatoms. The second-order valence-electron chi connectivity index (χ2n) is 1.38. The summed E-state index contributed by atoms with van der Waals surface area (Å²) in [5, 5.41) is 1.24. The molecular formula is C6H8Cl2. The molecule has 46 valence electrons. The van der Waals surface area contributed by atoms with Crippen molar-refractivity contribution >= 4 is 23.2 Å². The Hall–Kier alpha value is 0.0600. The Morgan fingerprint density at radius 2 is 1.88 bits per heavy atom. The molecule has 8 heavy (non-hydrogen) atoms. The lowest BCUT2D eigenvalue weighted by Gasteiger charge is -1.86. The fraction of sp³-hybridized carbons (Fsp3) is 0.333. The largest absolute Gasteiger partial charge is 0.0878 e. The molecule has 0 radical (unpaired) electrons. The maximum Gasteiger partial charge on any atom is 0.0544 e. The molecule has 0 nitrogen and oxygen atoms in total. The van der Waals surface area contributed by atoms with E-state index in [9.17, 15) is 0 Å². The molecule has 0 rings (SSSR count). The summed E-state index contributed by atoms with van der Waals surface area (Å²) in [5.41, 5.74) is 0. The van der Waals surface area contributed by atoms with E-state index in [4.69, 9.17) is 23.2 Å². The van der Waals surface area contributed by atoms with Crippen molar-refractivity contribution in [2.45, 2.75) is 13.8 Å². The first-order valence-corrected chi connectivity index (χ1v) is 3.08. The second kappa shape index (κ2) is 3.99. The highest BCUT2D eigenvalue weighted by Crippen LogP contribution is 2.13. The molecule has 0 aromatic carbocycles. The Balaban J connectivity index is 4.00. The molecule has 0 saturated heterocycles. The van der Waals surface area contributed by atoms with Gasteiger partial charge in [-0.25, -0.2) is 0 Å². The van der Waals surface area contributed by atoms with Crippen molar-refractivity contribution in [2.24, 2.45) is 0 Å². The van der Waals surface area contributed by atoms with Crippen LogP contribution >= 0.6 is 23.2 Å². The molecule has 0 amide bonds. The van der Waals surface area contributed by atoms with Crippen molar-refractivity contribution < 1.29 is 0 Å². The van der Waals surface area contributed by atoms with E-state index in [1.165, 1.54) is 0 Å². The predicted molar refractivity (Wildman–Crippen MR) is 39.2 cm³/mol. The third-order valence-corrected chi connectivity index (χ3v) is 1.35. The molecule has 0 heterocycles. The average Bonchev–Trinajstić information content (AvgIpc) is 1.67. The number of hydrogen-bond acceptors (Lipinski definition) is 0. The Morgan fingerprint density at radius 3 is 2.00 bits per heavy atom. The van der Waals surface area contributed by atoms with Gasteiger partial charge in [0.1, 0.15) is 0 Å². The topological polar surface area (TPSA) is 0 Å². The molecule has 0 spiro atoms. The molecular weight excluding hydrogens is 143 g/mol. The van der Waals surface area contributed by atoms with Gasteiger partial charge in [-0.05, 0) is 19.9 Å². The molecule has 0 aromatic heterocycles. The predicted octanol–water partition coefficient (Wildman–Crippen LogP) is 3.27. The molecule has 0 aliphatic rings. The van der Waals surface area contributed by atoms with Gasteiger partial charge in [-0.1, -0.05) is 29.3 Å². The van der Waals surface area contributed by atoms with Crippen molar-refractivity contribution in [3.63, 3.8) is 0 Å². The van der Waals surface area contributed by atoms with Crippen molar-refractivity contribution in [1.29, 1.82) is 0 Å². The lowest BCUT2D eigenvalue weighted by Crippen LogP contribution is -1.63. The zero-order chi connectivity index (χ0) is 6.57. The lowest BCUT2D eigenvalue weighted by atomic mass is 10.4. The number of allylic oxidation sites excluding steroid dienone is 4. The zero-order valence-corrected chi connectivity index (χ0v) is 6.42. The highest BCUT2D eigenvalue weighted by molar-refractivity contribution is 6.39. The van der Waals surface area contributed by atoms with Crippen molar-refractivity contribution in [3.8, 4) is 0 Å². The fourth-order valence-electron chi connectivity index (χ4n) is 0.261. The third kappa shape index (κ3) is 3.11. The minimum atomic E-state index is 0.606. The highest BCUT2D eigenvalue weighted by atomic mass is 35.5. The van der Waals surface area contributed by atoms with Crippen molar-refractivity contribution in [2.75, 3.05) is 0 Å². The van der Waals surface area contributed by atoms with E-state index < -0.39 is 0 Å². The van der Waals surface area contributed by atoms with E-state index in [1.54, 1.807) is 13.0 Å². The van der Waals surface area contributed by atoms with Crippen LogP contribution in [0.4, 0.5) is 0 Å². The molecule has 0 N–H and O–H groups in total. The van der Waals surface area contributed by atoms with Crippen LogP contribution in [-0.2, 0) is 0 Å². The smallest absolute Gasteiger partial charge is 0.0544 e. The van der Waals surface area contributed by atoms with Crippen LogP contribution in [0.15, 0.2) is 22.2 Å². The Labute approximate surface area is 59.8 Å². The van der Waals surface area contributed by atoms with E-state index in [-0.39, 0.29) is 0 Å². The van der Waals surface area contributed by atoms with Gasteiger partial charge in [-0.3, -0.25) is 0 Å². The van der Waals surface area contributed by atoms with Gasteiger partial charge in [-0.15, -0.1) is 0 Å². The van der Waals surface area contributed by atoms with E-state index in [0.29, 0.717) is 10.1 Å². The molecule has 0 aliphatic heterocycles. The van der Waals surface area contributed by atoms with Crippen LogP contribution < -0.4 is 0 Å². The van der Waals surface area contributed by atoms with Gasteiger partial charge in [0.15, 0.2) is 0 Å². The first-order chi connectivity index (χ1) is 3.68. The summed E-state index contributed by atoms with van der Waals surface area (Å²) >= 11 is 11.1. The van der Waals surface area contributed by atoms with E-state index in [2.05, 4.69) is 0 Å². The number of hydrogen-bond donors (Lipinski definition) is 0.